The number of pyridine rings is 2. The van der Waals surface area contributed by atoms with Gasteiger partial charge in [-0.2, -0.15) is 0 Å². The Balaban J connectivity index is 2.11. The van der Waals surface area contributed by atoms with Crippen molar-refractivity contribution in [3.8, 4) is 0 Å². The van der Waals surface area contributed by atoms with Crippen LogP contribution < -0.4 is 4.72 Å². The second-order valence-corrected chi connectivity index (χ2v) is 6.68. The van der Waals surface area contributed by atoms with Crippen LogP contribution in [0.15, 0.2) is 64.4 Å². The molecule has 2 aromatic heterocycles. The zero-order chi connectivity index (χ0) is 14.9. The van der Waals surface area contributed by atoms with Gasteiger partial charge in [0.1, 0.15) is 4.60 Å². The average Bonchev–Trinajstić information content (AvgIpc) is 2.49. The van der Waals surface area contributed by atoms with Crippen LogP contribution in [0.4, 0.5) is 5.69 Å². The number of benzene rings is 1. The summed E-state index contributed by atoms with van der Waals surface area (Å²) in [6, 6.07) is 11.7. The number of anilines is 1. The number of halogens is 1. The van der Waals surface area contributed by atoms with Crippen molar-refractivity contribution in [2.24, 2.45) is 0 Å². The van der Waals surface area contributed by atoms with Gasteiger partial charge in [0.15, 0.2) is 0 Å². The van der Waals surface area contributed by atoms with Gasteiger partial charge in [0.05, 0.1) is 16.1 Å². The first-order valence-electron chi connectivity index (χ1n) is 6.05. The lowest BCUT2D eigenvalue weighted by molar-refractivity contribution is 0.602. The third-order valence-electron chi connectivity index (χ3n) is 2.90. The Morgan fingerprint density at radius 3 is 2.52 bits per heavy atom. The third kappa shape index (κ3) is 2.74. The Hall–Kier alpha value is -1.99. The van der Waals surface area contributed by atoms with Crippen molar-refractivity contribution in [2.75, 3.05) is 4.72 Å². The van der Waals surface area contributed by atoms with Crippen LogP contribution in [0, 0.1) is 0 Å². The molecule has 3 rings (SSSR count). The van der Waals surface area contributed by atoms with Gasteiger partial charge in [-0.15, -0.1) is 0 Å². The number of rotatable bonds is 3. The second kappa shape index (κ2) is 5.42. The summed E-state index contributed by atoms with van der Waals surface area (Å²) in [4.78, 5) is 8.35. The summed E-state index contributed by atoms with van der Waals surface area (Å²) >= 11 is 3.22. The van der Waals surface area contributed by atoms with E-state index in [9.17, 15) is 8.42 Å². The Morgan fingerprint density at radius 2 is 1.71 bits per heavy atom. The van der Waals surface area contributed by atoms with Crippen molar-refractivity contribution in [3.63, 3.8) is 0 Å². The molecule has 5 nitrogen and oxygen atoms in total. The highest BCUT2D eigenvalue weighted by Crippen LogP contribution is 2.26. The molecule has 0 saturated heterocycles. The fourth-order valence-electron chi connectivity index (χ4n) is 1.97. The highest BCUT2D eigenvalue weighted by molar-refractivity contribution is 9.10. The maximum Gasteiger partial charge on any atom is 0.262 e. The molecule has 0 spiro atoms. The number of fused-ring (bicyclic) bond motifs is 1. The predicted octanol–water partition coefficient (Wildman–Crippen LogP) is 3.19. The molecular formula is C14H10BrN3O2S. The van der Waals surface area contributed by atoms with Gasteiger partial charge in [0, 0.05) is 17.8 Å². The summed E-state index contributed by atoms with van der Waals surface area (Å²) in [5.74, 6) is 0. The van der Waals surface area contributed by atoms with E-state index >= 15 is 0 Å². The maximum atomic E-state index is 12.6. The number of nitrogens with zero attached hydrogens (tertiary/aromatic N) is 2. The average molecular weight is 364 g/mol. The summed E-state index contributed by atoms with van der Waals surface area (Å²) in [7, 11) is -3.72. The molecule has 0 aliphatic carbocycles. The van der Waals surface area contributed by atoms with Crippen LogP contribution in [0.2, 0.25) is 0 Å². The molecule has 106 valence electrons. The number of hydrogen-bond donors (Lipinski definition) is 1. The van der Waals surface area contributed by atoms with E-state index in [1.54, 1.807) is 54.9 Å². The summed E-state index contributed by atoms with van der Waals surface area (Å²) < 4.78 is 28.1. The molecule has 0 amide bonds. The van der Waals surface area contributed by atoms with E-state index in [0.29, 0.717) is 21.2 Å². The van der Waals surface area contributed by atoms with Gasteiger partial charge in [0.2, 0.25) is 0 Å². The molecule has 0 aliphatic heterocycles. The Kier molecular flexibility index (Phi) is 3.60. The first-order valence-corrected chi connectivity index (χ1v) is 8.33. The molecule has 1 N–H and O–H groups in total. The molecule has 0 unspecified atom stereocenters. The number of aromatic nitrogens is 2. The minimum absolute atomic E-state index is 0.184. The summed E-state index contributed by atoms with van der Waals surface area (Å²) in [5.41, 5.74) is 1.02. The first kappa shape index (κ1) is 14.0. The van der Waals surface area contributed by atoms with Crippen LogP contribution in [0.5, 0.6) is 0 Å². The number of hydrogen-bond acceptors (Lipinski definition) is 4. The van der Waals surface area contributed by atoms with Gasteiger partial charge in [-0.1, -0.05) is 6.07 Å². The van der Waals surface area contributed by atoms with Crippen molar-refractivity contribution >= 4 is 42.5 Å². The van der Waals surface area contributed by atoms with Crippen LogP contribution >= 0.6 is 15.9 Å². The molecule has 0 aliphatic rings. The fourth-order valence-corrected chi connectivity index (χ4v) is 3.74. The summed E-state index contributed by atoms with van der Waals surface area (Å²) in [6.07, 6.45) is 3.20. The molecule has 0 fully saturated rings. The third-order valence-corrected chi connectivity index (χ3v) is 4.95. The molecule has 0 bridgehead atoms. The van der Waals surface area contributed by atoms with Gasteiger partial charge >= 0.3 is 0 Å². The van der Waals surface area contributed by atoms with Crippen LogP contribution in [-0.2, 0) is 10.0 Å². The Morgan fingerprint density at radius 1 is 0.952 bits per heavy atom. The van der Waals surface area contributed by atoms with Gasteiger partial charge in [-0.25, -0.2) is 13.4 Å². The van der Waals surface area contributed by atoms with Crippen LogP contribution in [0.25, 0.3) is 10.9 Å². The maximum absolute atomic E-state index is 12.6. The molecule has 2 heterocycles. The molecule has 0 radical (unpaired) electrons. The van der Waals surface area contributed by atoms with Crippen molar-refractivity contribution in [2.45, 2.75) is 4.90 Å². The largest absolute Gasteiger partial charge is 0.277 e. The van der Waals surface area contributed by atoms with Gasteiger partial charge in [-0.05, 0) is 52.3 Å². The Bertz CT molecular complexity index is 907. The summed E-state index contributed by atoms with van der Waals surface area (Å²) in [5, 5.41) is 0.576. The van der Waals surface area contributed by atoms with Crippen molar-refractivity contribution in [1.82, 2.24) is 9.97 Å². The smallest absolute Gasteiger partial charge is 0.262 e. The predicted molar refractivity (Wildman–Crippen MR) is 84.5 cm³/mol. The molecule has 0 saturated carbocycles. The van der Waals surface area contributed by atoms with Gasteiger partial charge in [0.25, 0.3) is 10.0 Å². The van der Waals surface area contributed by atoms with Crippen LogP contribution in [-0.4, -0.2) is 18.4 Å². The van der Waals surface area contributed by atoms with E-state index in [4.69, 9.17) is 0 Å². The zero-order valence-electron chi connectivity index (χ0n) is 10.7. The van der Waals surface area contributed by atoms with Gasteiger partial charge in [-0.3, -0.25) is 9.71 Å². The summed E-state index contributed by atoms with van der Waals surface area (Å²) in [6.45, 7) is 0. The van der Waals surface area contributed by atoms with E-state index in [0.717, 1.165) is 0 Å². The molecule has 21 heavy (non-hydrogen) atoms. The lowest BCUT2D eigenvalue weighted by Gasteiger charge is -2.10. The van der Waals surface area contributed by atoms with Crippen molar-refractivity contribution < 1.29 is 8.42 Å². The monoisotopic (exact) mass is 363 g/mol. The molecule has 1 aromatic carbocycles. The van der Waals surface area contributed by atoms with Crippen molar-refractivity contribution in [3.05, 3.63) is 59.5 Å². The van der Waals surface area contributed by atoms with E-state index in [2.05, 4.69) is 30.6 Å². The number of nitrogens with one attached hydrogen (secondary N) is 1. The van der Waals surface area contributed by atoms with E-state index in [1.807, 2.05) is 0 Å². The molecular weight excluding hydrogens is 354 g/mol. The molecule has 0 atom stereocenters. The topological polar surface area (TPSA) is 72.0 Å². The first-order chi connectivity index (χ1) is 10.1. The SMILES string of the molecule is O=S(=O)(Nc1cccnc1Br)c1cccc2ncccc12. The fraction of sp³-hybridized carbons (Fsp3) is 0. The molecule has 3 aromatic rings. The van der Waals surface area contributed by atoms with Crippen LogP contribution in [0.1, 0.15) is 0 Å². The number of sulfonamides is 1. The van der Waals surface area contributed by atoms with Crippen LogP contribution in [0.3, 0.4) is 0 Å². The standard InChI is InChI=1S/C14H10BrN3O2S/c15-14-12(6-3-9-17-14)18-21(19,20)13-7-1-5-11-10(13)4-2-8-16-11/h1-9,18H. The molecule has 7 heteroatoms. The minimum atomic E-state index is -3.72. The van der Waals surface area contributed by atoms with E-state index < -0.39 is 10.0 Å². The van der Waals surface area contributed by atoms with E-state index in [-0.39, 0.29) is 4.90 Å². The highest BCUT2D eigenvalue weighted by atomic mass is 79.9. The zero-order valence-corrected chi connectivity index (χ0v) is 13.1. The van der Waals surface area contributed by atoms with E-state index in [1.165, 1.54) is 0 Å². The lowest BCUT2D eigenvalue weighted by Crippen LogP contribution is -2.14. The van der Waals surface area contributed by atoms with Gasteiger partial charge < -0.3 is 0 Å². The van der Waals surface area contributed by atoms with Crippen molar-refractivity contribution in [1.29, 1.82) is 0 Å². The Labute approximate surface area is 130 Å². The second-order valence-electron chi connectivity index (χ2n) is 4.27. The minimum Gasteiger partial charge on any atom is -0.277 e. The quantitative estimate of drug-likeness (QED) is 0.725. The normalized spacial score (nSPS) is 11.5. The lowest BCUT2D eigenvalue weighted by atomic mass is 10.2. The highest BCUT2D eigenvalue weighted by Gasteiger charge is 2.18.